The number of nitrogens with two attached hydrogens (primary N) is 1. The largest absolute Gasteiger partial charge is 0.389 e. The van der Waals surface area contributed by atoms with Crippen LogP contribution in [-0.4, -0.2) is 16.7 Å². The number of nitrogens with zero attached hydrogens (tertiary/aromatic N) is 4. The molecule has 3 rings (SSSR count). The van der Waals surface area contributed by atoms with E-state index in [-0.39, 0.29) is 5.41 Å². The molecule has 0 saturated heterocycles. The predicted octanol–water partition coefficient (Wildman–Crippen LogP) is 2.91. The molecule has 1 aliphatic heterocycles. The summed E-state index contributed by atoms with van der Waals surface area (Å²) >= 11 is 3.17. The number of nitriles is 1. The molecular formula is C14H17N5S2. The fourth-order valence-electron chi connectivity index (χ4n) is 2.36. The SMILES string of the molecule is CC(C)(C)c1nnc(N2CCc3c(sc(N)c3C#N)C2)s1. The molecule has 2 aromatic heterocycles. The lowest BCUT2D eigenvalue weighted by Gasteiger charge is -2.26. The molecule has 0 atom stereocenters. The van der Waals surface area contributed by atoms with E-state index in [1.165, 1.54) is 16.2 Å². The normalized spacial score (nSPS) is 14.9. The number of nitrogen functional groups attached to an aromatic ring is 1. The van der Waals surface area contributed by atoms with Crippen molar-refractivity contribution in [1.29, 1.82) is 5.26 Å². The Balaban J connectivity index is 1.87. The minimum Gasteiger partial charge on any atom is -0.389 e. The van der Waals surface area contributed by atoms with E-state index in [1.807, 2.05) is 0 Å². The van der Waals surface area contributed by atoms with Gasteiger partial charge in [0.15, 0.2) is 0 Å². The van der Waals surface area contributed by atoms with Crippen molar-refractivity contribution in [3.8, 4) is 6.07 Å². The maximum atomic E-state index is 9.18. The van der Waals surface area contributed by atoms with Gasteiger partial charge in [-0.2, -0.15) is 5.26 Å². The second kappa shape index (κ2) is 4.97. The van der Waals surface area contributed by atoms with Crippen molar-refractivity contribution in [2.45, 2.75) is 39.2 Å². The van der Waals surface area contributed by atoms with Gasteiger partial charge < -0.3 is 10.6 Å². The second-order valence-corrected chi connectivity index (χ2v) is 8.26. The van der Waals surface area contributed by atoms with Crippen LogP contribution in [0.5, 0.6) is 0 Å². The maximum absolute atomic E-state index is 9.18. The molecular weight excluding hydrogens is 302 g/mol. The van der Waals surface area contributed by atoms with Crippen LogP contribution >= 0.6 is 22.7 Å². The lowest BCUT2D eigenvalue weighted by Crippen LogP contribution is -2.29. The number of anilines is 2. The number of thiophene rings is 1. The Morgan fingerprint density at radius 3 is 2.67 bits per heavy atom. The van der Waals surface area contributed by atoms with Crippen molar-refractivity contribution in [2.24, 2.45) is 0 Å². The van der Waals surface area contributed by atoms with Gasteiger partial charge in [-0.3, -0.25) is 0 Å². The third-order valence-electron chi connectivity index (χ3n) is 3.52. The molecule has 0 bridgehead atoms. The Morgan fingerprint density at radius 1 is 1.29 bits per heavy atom. The minimum atomic E-state index is 0.0260. The first-order valence-corrected chi connectivity index (χ1v) is 8.42. The molecule has 1 aliphatic rings. The summed E-state index contributed by atoms with van der Waals surface area (Å²) in [5.41, 5.74) is 7.75. The summed E-state index contributed by atoms with van der Waals surface area (Å²) in [6.45, 7) is 8.06. The summed E-state index contributed by atoms with van der Waals surface area (Å²) in [5.74, 6) is 0. The number of hydrogen-bond acceptors (Lipinski definition) is 7. The Hall–Kier alpha value is -1.65. The van der Waals surface area contributed by atoms with Crippen LogP contribution in [0.3, 0.4) is 0 Å². The molecule has 21 heavy (non-hydrogen) atoms. The van der Waals surface area contributed by atoms with Gasteiger partial charge in [0.05, 0.1) is 12.1 Å². The monoisotopic (exact) mass is 319 g/mol. The van der Waals surface area contributed by atoms with Gasteiger partial charge in [0.1, 0.15) is 16.1 Å². The Labute approximate surface area is 132 Å². The van der Waals surface area contributed by atoms with Crippen molar-refractivity contribution >= 4 is 32.8 Å². The summed E-state index contributed by atoms with van der Waals surface area (Å²) in [5, 5.41) is 20.5. The van der Waals surface area contributed by atoms with Crippen LogP contribution in [0, 0.1) is 11.3 Å². The van der Waals surface area contributed by atoms with Crippen molar-refractivity contribution in [2.75, 3.05) is 17.2 Å². The number of aromatic nitrogens is 2. The van der Waals surface area contributed by atoms with E-state index < -0.39 is 0 Å². The third kappa shape index (κ3) is 2.49. The van der Waals surface area contributed by atoms with Gasteiger partial charge in [0.25, 0.3) is 0 Å². The van der Waals surface area contributed by atoms with E-state index in [0.29, 0.717) is 10.6 Å². The van der Waals surface area contributed by atoms with Gasteiger partial charge in [0, 0.05) is 16.8 Å². The molecule has 2 N–H and O–H groups in total. The van der Waals surface area contributed by atoms with Gasteiger partial charge in [-0.25, -0.2) is 0 Å². The van der Waals surface area contributed by atoms with Crippen molar-refractivity contribution < 1.29 is 0 Å². The summed E-state index contributed by atoms with van der Waals surface area (Å²) in [4.78, 5) is 3.41. The smallest absolute Gasteiger partial charge is 0.208 e. The van der Waals surface area contributed by atoms with Crippen molar-refractivity contribution in [1.82, 2.24) is 10.2 Å². The Kier molecular flexibility index (Phi) is 3.38. The molecule has 0 amide bonds. The average molecular weight is 319 g/mol. The summed E-state index contributed by atoms with van der Waals surface area (Å²) < 4.78 is 0. The van der Waals surface area contributed by atoms with Gasteiger partial charge in [-0.05, 0) is 12.0 Å². The highest BCUT2D eigenvalue weighted by Crippen LogP contribution is 2.37. The molecule has 110 valence electrons. The van der Waals surface area contributed by atoms with Crippen LogP contribution in [0.2, 0.25) is 0 Å². The standard InChI is InChI=1S/C14H17N5S2/c1-14(2,3)12-17-18-13(21-12)19-5-4-8-9(6-15)11(16)20-10(8)7-19/h4-5,7,16H2,1-3H3. The predicted molar refractivity (Wildman–Crippen MR) is 86.8 cm³/mol. The molecule has 5 nitrogen and oxygen atoms in total. The highest BCUT2D eigenvalue weighted by atomic mass is 32.1. The molecule has 0 saturated carbocycles. The van der Waals surface area contributed by atoms with Crippen molar-refractivity contribution in [3.63, 3.8) is 0 Å². The zero-order valence-electron chi connectivity index (χ0n) is 12.3. The van der Waals surface area contributed by atoms with Crippen LogP contribution in [0.15, 0.2) is 0 Å². The van der Waals surface area contributed by atoms with Gasteiger partial charge in [-0.1, -0.05) is 32.1 Å². The molecule has 2 aromatic rings. The zero-order valence-corrected chi connectivity index (χ0v) is 13.9. The molecule has 7 heteroatoms. The molecule has 0 unspecified atom stereocenters. The molecule has 0 fully saturated rings. The first kappa shape index (κ1) is 14.3. The molecule has 0 radical (unpaired) electrons. The first-order valence-electron chi connectivity index (χ1n) is 6.79. The number of rotatable bonds is 1. The van der Waals surface area contributed by atoms with E-state index in [4.69, 9.17) is 5.73 Å². The summed E-state index contributed by atoms with van der Waals surface area (Å²) in [6, 6.07) is 2.22. The Bertz CT molecular complexity index is 717. The van der Waals surface area contributed by atoms with E-state index >= 15 is 0 Å². The van der Waals surface area contributed by atoms with Crippen LogP contribution < -0.4 is 10.6 Å². The summed E-state index contributed by atoms with van der Waals surface area (Å²) in [6.07, 6.45) is 0.844. The zero-order chi connectivity index (χ0) is 15.2. The van der Waals surface area contributed by atoms with Crippen LogP contribution in [0.25, 0.3) is 0 Å². The quantitative estimate of drug-likeness (QED) is 0.874. The highest BCUT2D eigenvalue weighted by molar-refractivity contribution is 7.16. The number of hydrogen-bond donors (Lipinski definition) is 1. The van der Waals surface area contributed by atoms with E-state index in [2.05, 4.69) is 41.9 Å². The Morgan fingerprint density at radius 2 is 2.05 bits per heavy atom. The van der Waals surface area contributed by atoms with E-state index in [9.17, 15) is 5.26 Å². The van der Waals surface area contributed by atoms with Crippen LogP contribution in [0.1, 0.15) is 41.8 Å². The molecule has 0 aromatic carbocycles. The third-order valence-corrected chi connectivity index (χ3v) is 5.98. The van der Waals surface area contributed by atoms with E-state index in [1.54, 1.807) is 11.3 Å². The fourth-order valence-corrected chi connectivity index (χ4v) is 4.37. The van der Waals surface area contributed by atoms with Crippen LogP contribution in [-0.2, 0) is 18.4 Å². The van der Waals surface area contributed by atoms with Gasteiger partial charge in [0.2, 0.25) is 5.13 Å². The molecule has 0 spiro atoms. The topological polar surface area (TPSA) is 78.8 Å². The highest BCUT2D eigenvalue weighted by Gasteiger charge is 2.27. The van der Waals surface area contributed by atoms with Crippen LogP contribution in [0.4, 0.5) is 10.1 Å². The minimum absolute atomic E-state index is 0.0260. The van der Waals surface area contributed by atoms with E-state index in [0.717, 1.165) is 35.2 Å². The van der Waals surface area contributed by atoms with Gasteiger partial charge in [-0.15, -0.1) is 21.5 Å². The average Bonchev–Trinajstić information content (AvgIpc) is 3.00. The lowest BCUT2D eigenvalue weighted by atomic mass is 9.98. The number of fused-ring (bicyclic) bond motifs is 1. The lowest BCUT2D eigenvalue weighted by molar-refractivity contribution is 0.578. The first-order chi connectivity index (χ1) is 9.90. The molecule has 0 aliphatic carbocycles. The second-order valence-electron chi connectivity index (χ2n) is 6.17. The summed E-state index contributed by atoms with van der Waals surface area (Å²) in [7, 11) is 0. The van der Waals surface area contributed by atoms with Gasteiger partial charge >= 0.3 is 0 Å². The fraction of sp³-hybridized carbons (Fsp3) is 0.500. The van der Waals surface area contributed by atoms with Crippen molar-refractivity contribution in [3.05, 3.63) is 21.0 Å². The molecule has 3 heterocycles. The maximum Gasteiger partial charge on any atom is 0.208 e.